The van der Waals surface area contributed by atoms with Gasteiger partial charge < -0.3 is 5.32 Å². The third kappa shape index (κ3) is 1.70. The first-order valence-corrected chi connectivity index (χ1v) is 6.82. The van der Waals surface area contributed by atoms with Crippen LogP contribution in [-0.4, -0.2) is 12.3 Å². The number of hydrogen-bond donors (Lipinski definition) is 1. The molecule has 0 aromatic heterocycles. The second-order valence-electron chi connectivity index (χ2n) is 4.68. The van der Waals surface area contributed by atoms with Crippen LogP contribution in [0.4, 0.5) is 0 Å². The van der Waals surface area contributed by atoms with Crippen molar-refractivity contribution in [3.63, 3.8) is 0 Å². The maximum atomic E-state index is 3.51. The van der Waals surface area contributed by atoms with Gasteiger partial charge >= 0.3 is 0 Å². The van der Waals surface area contributed by atoms with Gasteiger partial charge in [0.15, 0.2) is 0 Å². The quantitative estimate of drug-likeness (QED) is 0.779. The van der Waals surface area contributed by atoms with E-state index in [-0.39, 0.29) is 0 Å². The molecule has 0 aliphatic carbocycles. The van der Waals surface area contributed by atoms with Crippen LogP contribution in [-0.2, 0) is 6.42 Å². The second-order valence-corrected chi connectivity index (χ2v) is 5.82. The van der Waals surface area contributed by atoms with Gasteiger partial charge in [0.25, 0.3) is 0 Å². The Bertz CT molecular complexity index is 375. The molecule has 0 spiro atoms. The fourth-order valence-corrected chi connectivity index (χ4v) is 3.51. The second kappa shape index (κ2) is 3.84. The number of hydrogen-bond acceptors (Lipinski definition) is 2. The highest BCUT2D eigenvalue weighted by Gasteiger charge is 2.27. The van der Waals surface area contributed by atoms with E-state index in [0.29, 0.717) is 6.04 Å². The minimum absolute atomic E-state index is 0.613. The molecule has 1 aromatic rings. The van der Waals surface area contributed by atoms with E-state index in [4.69, 9.17) is 0 Å². The predicted molar refractivity (Wildman–Crippen MR) is 65.4 cm³/mol. The first-order valence-electron chi connectivity index (χ1n) is 5.83. The van der Waals surface area contributed by atoms with Crippen molar-refractivity contribution in [2.45, 2.75) is 30.7 Å². The van der Waals surface area contributed by atoms with Crippen LogP contribution in [0, 0.1) is 5.92 Å². The Morgan fingerprint density at radius 3 is 3.07 bits per heavy atom. The van der Waals surface area contributed by atoms with Crippen LogP contribution < -0.4 is 5.32 Å². The van der Waals surface area contributed by atoms with Crippen molar-refractivity contribution in [3.05, 3.63) is 29.3 Å². The molecule has 0 amide bonds. The smallest absolute Gasteiger partial charge is 0.0358 e. The average Bonchev–Trinajstić information content (AvgIpc) is 2.27. The van der Waals surface area contributed by atoms with E-state index in [1.807, 2.05) is 11.8 Å². The highest BCUT2D eigenvalue weighted by molar-refractivity contribution is 7.99. The van der Waals surface area contributed by atoms with E-state index in [0.717, 1.165) is 5.92 Å². The molecular weight excluding hydrogens is 202 g/mol. The van der Waals surface area contributed by atoms with Gasteiger partial charge in [0, 0.05) is 17.5 Å². The summed E-state index contributed by atoms with van der Waals surface area (Å²) in [5, 5.41) is 3.51. The van der Waals surface area contributed by atoms with Crippen molar-refractivity contribution in [3.8, 4) is 0 Å². The van der Waals surface area contributed by atoms with Crippen molar-refractivity contribution in [2.24, 2.45) is 5.92 Å². The summed E-state index contributed by atoms with van der Waals surface area (Å²) in [5.74, 6) is 2.10. The summed E-state index contributed by atoms with van der Waals surface area (Å²) in [5.41, 5.74) is 3.07. The molecule has 15 heavy (non-hydrogen) atoms. The highest BCUT2D eigenvalue weighted by atomic mass is 32.2. The fraction of sp³-hybridized carbons (Fsp3) is 0.538. The summed E-state index contributed by atoms with van der Waals surface area (Å²) in [6.45, 7) is 3.51. The van der Waals surface area contributed by atoms with E-state index in [1.165, 1.54) is 35.6 Å². The fourth-order valence-electron chi connectivity index (χ4n) is 2.49. The lowest BCUT2D eigenvalue weighted by Crippen LogP contribution is -2.43. The standard InChI is InChI=1S/C13H17NS/c1-9-8-14-13(9)11-4-5-12-10(7-11)3-2-6-15-12/h4-5,7,9,13-14H,2-3,6,8H2,1H3. The van der Waals surface area contributed by atoms with Crippen LogP contribution in [0.2, 0.25) is 0 Å². The van der Waals surface area contributed by atoms with Crippen molar-refractivity contribution in [1.82, 2.24) is 5.32 Å². The Morgan fingerprint density at radius 1 is 1.40 bits per heavy atom. The molecule has 0 bridgehead atoms. The summed E-state index contributed by atoms with van der Waals surface area (Å²) in [6, 6.07) is 7.67. The molecule has 3 rings (SSSR count). The lowest BCUT2D eigenvalue weighted by atomic mass is 9.87. The van der Waals surface area contributed by atoms with Gasteiger partial charge in [0.2, 0.25) is 0 Å². The van der Waals surface area contributed by atoms with Crippen LogP contribution in [0.15, 0.2) is 23.1 Å². The van der Waals surface area contributed by atoms with E-state index >= 15 is 0 Å². The number of nitrogens with one attached hydrogen (secondary N) is 1. The molecule has 1 N–H and O–H groups in total. The minimum atomic E-state index is 0.613. The van der Waals surface area contributed by atoms with Crippen molar-refractivity contribution < 1.29 is 0 Å². The first-order chi connectivity index (χ1) is 7.34. The molecule has 80 valence electrons. The molecule has 1 nitrogen and oxygen atoms in total. The molecule has 0 radical (unpaired) electrons. The molecule has 1 saturated heterocycles. The number of rotatable bonds is 1. The number of fused-ring (bicyclic) bond motifs is 1. The average molecular weight is 219 g/mol. The van der Waals surface area contributed by atoms with E-state index < -0.39 is 0 Å². The maximum absolute atomic E-state index is 3.51. The Morgan fingerprint density at radius 2 is 2.33 bits per heavy atom. The first kappa shape index (κ1) is 9.73. The van der Waals surface area contributed by atoms with Gasteiger partial charge in [0.1, 0.15) is 0 Å². The van der Waals surface area contributed by atoms with Crippen LogP contribution in [0.1, 0.15) is 30.5 Å². The third-order valence-corrected chi connectivity index (χ3v) is 4.72. The van der Waals surface area contributed by atoms with Gasteiger partial charge in [-0.25, -0.2) is 0 Å². The lowest BCUT2D eigenvalue weighted by Gasteiger charge is -2.36. The molecular formula is C13H17NS. The van der Waals surface area contributed by atoms with E-state index in [2.05, 4.69) is 30.4 Å². The van der Waals surface area contributed by atoms with Crippen LogP contribution >= 0.6 is 11.8 Å². The van der Waals surface area contributed by atoms with Crippen molar-refractivity contribution >= 4 is 11.8 Å². The largest absolute Gasteiger partial charge is 0.309 e. The van der Waals surface area contributed by atoms with Crippen LogP contribution in [0.3, 0.4) is 0 Å². The van der Waals surface area contributed by atoms with Gasteiger partial charge in [-0.1, -0.05) is 19.1 Å². The molecule has 2 unspecified atom stereocenters. The monoisotopic (exact) mass is 219 g/mol. The summed E-state index contributed by atoms with van der Waals surface area (Å²) >= 11 is 2.02. The van der Waals surface area contributed by atoms with Gasteiger partial charge in [-0.3, -0.25) is 0 Å². The summed E-state index contributed by atoms with van der Waals surface area (Å²) < 4.78 is 0. The molecule has 1 fully saturated rings. The molecule has 0 saturated carbocycles. The SMILES string of the molecule is CC1CNC1c1ccc2c(c1)CCCS2. The Labute approximate surface area is 95.6 Å². The topological polar surface area (TPSA) is 12.0 Å². The van der Waals surface area contributed by atoms with Crippen molar-refractivity contribution in [1.29, 1.82) is 0 Å². The lowest BCUT2D eigenvalue weighted by molar-refractivity contribution is 0.258. The zero-order valence-corrected chi connectivity index (χ0v) is 9.94. The maximum Gasteiger partial charge on any atom is 0.0358 e. The predicted octanol–water partition coefficient (Wildman–Crippen LogP) is 3.01. The summed E-state index contributed by atoms with van der Waals surface area (Å²) in [6.07, 6.45) is 2.62. The number of aryl methyl sites for hydroxylation is 1. The summed E-state index contributed by atoms with van der Waals surface area (Å²) in [7, 11) is 0. The Hall–Kier alpha value is -0.470. The minimum Gasteiger partial charge on any atom is -0.309 e. The number of benzene rings is 1. The molecule has 2 aliphatic rings. The highest BCUT2D eigenvalue weighted by Crippen LogP contribution is 2.35. The van der Waals surface area contributed by atoms with E-state index in [9.17, 15) is 0 Å². The molecule has 2 heterocycles. The molecule has 1 aromatic carbocycles. The number of thioether (sulfide) groups is 1. The Kier molecular flexibility index (Phi) is 2.49. The van der Waals surface area contributed by atoms with Crippen molar-refractivity contribution in [2.75, 3.05) is 12.3 Å². The Balaban J connectivity index is 1.90. The zero-order valence-electron chi connectivity index (χ0n) is 9.12. The van der Waals surface area contributed by atoms with Gasteiger partial charge in [-0.15, -0.1) is 11.8 Å². The van der Waals surface area contributed by atoms with Crippen LogP contribution in [0.5, 0.6) is 0 Å². The molecule has 2 atom stereocenters. The molecule has 2 aliphatic heterocycles. The zero-order chi connectivity index (χ0) is 10.3. The van der Waals surface area contributed by atoms with Gasteiger partial charge in [-0.05, 0) is 41.7 Å². The third-order valence-electron chi connectivity index (χ3n) is 3.52. The van der Waals surface area contributed by atoms with Crippen LogP contribution in [0.25, 0.3) is 0 Å². The van der Waals surface area contributed by atoms with Gasteiger partial charge in [0.05, 0.1) is 0 Å². The van der Waals surface area contributed by atoms with Gasteiger partial charge in [-0.2, -0.15) is 0 Å². The van der Waals surface area contributed by atoms with E-state index in [1.54, 1.807) is 5.56 Å². The normalized spacial score (nSPS) is 29.4. The molecule has 2 heteroatoms. The summed E-state index contributed by atoms with van der Waals surface area (Å²) in [4.78, 5) is 1.51.